The molecule has 0 spiro atoms. The Morgan fingerprint density at radius 2 is 2.32 bits per heavy atom. The maximum Gasteiger partial charge on any atom is 0.112 e. The molecule has 0 amide bonds. The first kappa shape index (κ1) is 14.2. The Labute approximate surface area is 120 Å². The third kappa shape index (κ3) is 3.62. The average Bonchev–Trinajstić information content (AvgIpc) is 2.39. The maximum atomic E-state index is 9.06. The molecule has 1 atom stereocenters. The Kier molecular flexibility index (Phi) is 5.07. The Morgan fingerprint density at radius 3 is 3.05 bits per heavy atom. The number of aliphatic hydroxyl groups excluding tert-OH is 1. The van der Waals surface area contributed by atoms with Gasteiger partial charge in [-0.2, -0.15) is 0 Å². The highest BCUT2D eigenvalue weighted by Crippen LogP contribution is 2.22. The second-order valence-electron chi connectivity index (χ2n) is 4.19. The van der Waals surface area contributed by atoms with Gasteiger partial charge in [-0.15, -0.1) is 0 Å². The van der Waals surface area contributed by atoms with E-state index < -0.39 is 0 Å². The molecule has 5 nitrogen and oxygen atoms in total. The number of aliphatic hydroxyl groups is 1. The molecular weight excluding hydrogens is 310 g/mol. The third-order valence-corrected chi connectivity index (χ3v) is 3.18. The van der Waals surface area contributed by atoms with Crippen molar-refractivity contribution in [1.82, 2.24) is 9.97 Å². The fourth-order valence-electron chi connectivity index (χ4n) is 1.90. The number of hydrogen-bond donors (Lipinski definition) is 2. The number of fused-ring (bicyclic) bond motifs is 1. The number of halogens is 1. The number of pyridine rings is 2. The van der Waals surface area contributed by atoms with Crippen molar-refractivity contribution in [3.8, 4) is 0 Å². The summed E-state index contributed by atoms with van der Waals surface area (Å²) in [4.78, 5) is 8.67. The highest BCUT2D eigenvalue weighted by atomic mass is 79.9. The molecule has 2 rings (SSSR count). The second-order valence-corrected chi connectivity index (χ2v) is 5.10. The standard InChI is InChI=1S/C13H16BrN3O2/c1-19-8-10(3-5-18)17-11-2-4-15-12-6-9(14)7-16-13(11)12/h2,4,6-7,10,18H,3,5,8H2,1H3,(H,15,17). The predicted octanol–water partition coefficient (Wildman–Crippen LogP) is 2.20. The van der Waals surface area contributed by atoms with Gasteiger partial charge in [0, 0.05) is 30.6 Å². The summed E-state index contributed by atoms with van der Waals surface area (Å²) in [6.45, 7) is 0.643. The van der Waals surface area contributed by atoms with E-state index in [1.54, 1.807) is 19.5 Å². The molecule has 2 heterocycles. The summed E-state index contributed by atoms with van der Waals surface area (Å²) in [5.41, 5.74) is 2.53. The molecule has 6 heteroatoms. The Bertz CT molecular complexity index is 544. The molecule has 0 saturated carbocycles. The van der Waals surface area contributed by atoms with Crippen molar-refractivity contribution in [3.05, 3.63) is 29.0 Å². The third-order valence-electron chi connectivity index (χ3n) is 2.75. The summed E-state index contributed by atoms with van der Waals surface area (Å²) in [7, 11) is 1.64. The molecule has 0 aliphatic carbocycles. The van der Waals surface area contributed by atoms with Crippen LogP contribution in [0.3, 0.4) is 0 Å². The monoisotopic (exact) mass is 325 g/mol. The zero-order chi connectivity index (χ0) is 13.7. The molecule has 2 aromatic rings. The quantitative estimate of drug-likeness (QED) is 0.852. The van der Waals surface area contributed by atoms with Gasteiger partial charge in [-0.1, -0.05) is 0 Å². The van der Waals surface area contributed by atoms with Crippen molar-refractivity contribution >= 4 is 32.7 Å². The Morgan fingerprint density at radius 1 is 1.47 bits per heavy atom. The van der Waals surface area contributed by atoms with Crippen LogP contribution in [0.25, 0.3) is 11.0 Å². The molecule has 0 aliphatic rings. The van der Waals surface area contributed by atoms with Crippen molar-refractivity contribution in [3.63, 3.8) is 0 Å². The molecular formula is C13H16BrN3O2. The highest BCUT2D eigenvalue weighted by Gasteiger charge is 2.11. The Hall–Kier alpha value is -1.24. The molecule has 2 N–H and O–H groups in total. The zero-order valence-electron chi connectivity index (χ0n) is 10.6. The van der Waals surface area contributed by atoms with Gasteiger partial charge in [0.05, 0.1) is 23.9 Å². The number of rotatable bonds is 6. The minimum absolute atomic E-state index is 0.0473. The first-order valence-electron chi connectivity index (χ1n) is 6.01. The van der Waals surface area contributed by atoms with Crippen LogP contribution in [-0.4, -0.2) is 41.4 Å². The summed E-state index contributed by atoms with van der Waals surface area (Å²) < 4.78 is 6.04. The molecule has 0 aliphatic heterocycles. The van der Waals surface area contributed by atoms with Gasteiger partial charge in [0.25, 0.3) is 0 Å². The van der Waals surface area contributed by atoms with Crippen molar-refractivity contribution in [1.29, 1.82) is 0 Å². The molecule has 2 aromatic heterocycles. The lowest BCUT2D eigenvalue weighted by atomic mass is 10.2. The molecule has 0 bridgehead atoms. The summed E-state index contributed by atoms with van der Waals surface area (Å²) in [6, 6.07) is 3.85. The molecule has 0 aromatic carbocycles. The van der Waals surface area contributed by atoms with Crippen molar-refractivity contribution in [2.45, 2.75) is 12.5 Å². The van der Waals surface area contributed by atoms with Crippen LogP contribution in [0.5, 0.6) is 0 Å². The van der Waals surface area contributed by atoms with Gasteiger partial charge >= 0.3 is 0 Å². The largest absolute Gasteiger partial charge is 0.396 e. The summed E-state index contributed by atoms with van der Waals surface area (Å²) in [6.07, 6.45) is 4.10. The summed E-state index contributed by atoms with van der Waals surface area (Å²) in [5, 5.41) is 12.4. The van der Waals surface area contributed by atoms with E-state index in [2.05, 4.69) is 31.2 Å². The van der Waals surface area contributed by atoms with E-state index in [1.807, 2.05) is 12.1 Å². The summed E-state index contributed by atoms with van der Waals surface area (Å²) in [5.74, 6) is 0. The number of hydrogen-bond acceptors (Lipinski definition) is 5. The van der Waals surface area contributed by atoms with Gasteiger partial charge in [0.1, 0.15) is 5.52 Å². The maximum absolute atomic E-state index is 9.06. The van der Waals surface area contributed by atoms with Gasteiger partial charge in [-0.05, 0) is 34.5 Å². The number of anilines is 1. The zero-order valence-corrected chi connectivity index (χ0v) is 12.2. The number of methoxy groups -OCH3 is 1. The van der Waals surface area contributed by atoms with Crippen LogP contribution in [0.4, 0.5) is 5.69 Å². The normalized spacial score (nSPS) is 12.6. The minimum Gasteiger partial charge on any atom is -0.396 e. The number of ether oxygens (including phenoxy) is 1. The van der Waals surface area contributed by atoms with E-state index in [4.69, 9.17) is 9.84 Å². The molecule has 0 radical (unpaired) electrons. The minimum atomic E-state index is 0.0473. The van der Waals surface area contributed by atoms with Crippen LogP contribution < -0.4 is 5.32 Å². The SMILES string of the molecule is COCC(CCO)Nc1ccnc2cc(Br)cnc12. The fourth-order valence-corrected chi connectivity index (χ4v) is 2.22. The van der Waals surface area contributed by atoms with E-state index in [9.17, 15) is 0 Å². The molecule has 0 saturated heterocycles. The van der Waals surface area contributed by atoms with Gasteiger partial charge in [0.2, 0.25) is 0 Å². The van der Waals surface area contributed by atoms with Crippen LogP contribution in [0.15, 0.2) is 29.0 Å². The van der Waals surface area contributed by atoms with Crippen molar-refractivity contribution < 1.29 is 9.84 Å². The van der Waals surface area contributed by atoms with E-state index in [0.717, 1.165) is 21.2 Å². The molecule has 102 valence electrons. The van der Waals surface area contributed by atoms with Gasteiger partial charge in [0.15, 0.2) is 0 Å². The van der Waals surface area contributed by atoms with E-state index in [-0.39, 0.29) is 12.6 Å². The van der Waals surface area contributed by atoms with Crippen molar-refractivity contribution in [2.24, 2.45) is 0 Å². The smallest absolute Gasteiger partial charge is 0.112 e. The van der Waals surface area contributed by atoms with Gasteiger partial charge in [-0.3, -0.25) is 9.97 Å². The lowest BCUT2D eigenvalue weighted by Crippen LogP contribution is -2.26. The molecule has 0 fully saturated rings. The van der Waals surface area contributed by atoms with Gasteiger partial charge < -0.3 is 15.2 Å². The van der Waals surface area contributed by atoms with Crippen LogP contribution >= 0.6 is 15.9 Å². The van der Waals surface area contributed by atoms with Gasteiger partial charge in [-0.25, -0.2) is 0 Å². The summed E-state index contributed by atoms with van der Waals surface area (Å²) >= 11 is 3.38. The first-order chi connectivity index (χ1) is 9.24. The van der Waals surface area contributed by atoms with E-state index in [1.165, 1.54) is 0 Å². The highest BCUT2D eigenvalue weighted by molar-refractivity contribution is 9.10. The average molecular weight is 326 g/mol. The number of aromatic nitrogens is 2. The van der Waals surface area contributed by atoms with E-state index in [0.29, 0.717) is 13.0 Å². The van der Waals surface area contributed by atoms with Crippen LogP contribution in [0.1, 0.15) is 6.42 Å². The van der Waals surface area contributed by atoms with Crippen molar-refractivity contribution in [2.75, 3.05) is 25.6 Å². The van der Waals surface area contributed by atoms with Crippen LogP contribution in [0.2, 0.25) is 0 Å². The lowest BCUT2D eigenvalue weighted by Gasteiger charge is -2.18. The first-order valence-corrected chi connectivity index (χ1v) is 6.80. The van der Waals surface area contributed by atoms with Crippen LogP contribution in [0, 0.1) is 0 Å². The topological polar surface area (TPSA) is 67.3 Å². The second kappa shape index (κ2) is 6.79. The lowest BCUT2D eigenvalue weighted by molar-refractivity contribution is 0.170. The number of nitrogens with zero attached hydrogens (tertiary/aromatic N) is 2. The van der Waals surface area contributed by atoms with Crippen LogP contribution in [-0.2, 0) is 4.74 Å². The fraction of sp³-hybridized carbons (Fsp3) is 0.385. The Balaban J connectivity index is 2.28. The molecule has 1 unspecified atom stereocenters. The predicted molar refractivity (Wildman–Crippen MR) is 78.2 cm³/mol. The molecule has 19 heavy (non-hydrogen) atoms. The van der Waals surface area contributed by atoms with E-state index >= 15 is 0 Å². The number of nitrogens with one attached hydrogen (secondary N) is 1.